The van der Waals surface area contributed by atoms with E-state index in [2.05, 4.69) is 4.72 Å². The summed E-state index contributed by atoms with van der Waals surface area (Å²) in [6.07, 6.45) is 1.16. The van der Waals surface area contributed by atoms with Crippen molar-refractivity contribution in [3.63, 3.8) is 0 Å². The van der Waals surface area contributed by atoms with Crippen LogP contribution in [0.25, 0.3) is 0 Å². The molecule has 4 nitrogen and oxygen atoms in total. The highest BCUT2D eigenvalue weighted by molar-refractivity contribution is 7.88. The highest BCUT2D eigenvalue weighted by Crippen LogP contribution is 2.24. The summed E-state index contributed by atoms with van der Waals surface area (Å²) in [6.45, 7) is 0. The Balaban J connectivity index is 2.40. The van der Waals surface area contributed by atoms with Crippen LogP contribution < -0.4 is 9.46 Å². The monoisotopic (exact) mass is 291 g/mol. The summed E-state index contributed by atoms with van der Waals surface area (Å²) in [6, 6.07) is 16.4. The fourth-order valence-electron chi connectivity index (χ4n) is 1.98. The van der Waals surface area contributed by atoms with Crippen molar-refractivity contribution in [1.82, 2.24) is 4.72 Å². The summed E-state index contributed by atoms with van der Waals surface area (Å²) in [5, 5.41) is 0. The summed E-state index contributed by atoms with van der Waals surface area (Å²) >= 11 is 0. The zero-order valence-corrected chi connectivity index (χ0v) is 12.2. The van der Waals surface area contributed by atoms with E-state index in [-0.39, 0.29) is 0 Å². The molecule has 0 fully saturated rings. The van der Waals surface area contributed by atoms with Crippen molar-refractivity contribution in [1.29, 1.82) is 0 Å². The summed E-state index contributed by atoms with van der Waals surface area (Å²) in [5.74, 6) is 0.736. The van der Waals surface area contributed by atoms with Crippen LogP contribution in [0.5, 0.6) is 5.75 Å². The van der Waals surface area contributed by atoms with Gasteiger partial charge in [0.1, 0.15) is 5.75 Å². The van der Waals surface area contributed by atoms with Crippen molar-refractivity contribution in [2.24, 2.45) is 0 Å². The zero-order chi connectivity index (χ0) is 14.6. The first-order valence-corrected chi connectivity index (χ1v) is 8.05. The van der Waals surface area contributed by atoms with Crippen LogP contribution in [0.1, 0.15) is 17.2 Å². The van der Waals surface area contributed by atoms with Crippen LogP contribution in [0.3, 0.4) is 0 Å². The van der Waals surface area contributed by atoms with Crippen molar-refractivity contribution >= 4 is 10.0 Å². The lowest BCUT2D eigenvalue weighted by Crippen LogP contribution is -2.28. The maximum absolute atomic E-state index is 11.6. The minimum absolute atomic E-state index is 0.405. The lowest BCUT2D eigenvalue weighted by atomic mass is 10.00. The lowest BCUT2D eigenvalue weighted by Gasteiger charge is -2.18. The van der Waals surface area contributed by atoms with E-state index in [1.807, 2.05) is 54.6 Å². The summed E-state index contributed by atoms with van der Waals surface area (Å²) < 4.78 is 30.9. The second-order valence-electron chi connectivity index (χ2n) is 4.51. The number of hydrogen-bond acceptors (Lipinski definition) is 3. The van der Waals surface area contributed by atoms with Gasteiger partial charge in [-0.25, -0.2) is 13.1 Å². The number of sulfonamides is 1. The molecule has 0 heterocycles. The minimum Gasteiger partial charge on any atom is -0.497 e. The molecular formula is C15H17NO3S. The fraction of sp³-hybridized carbons (Fsp3) is 0.200. The topological polar surface area (TPSA) is 55.4 Å². The SMILES string of the molecule is COc1ccc(C(NS(C)(=O)=O)c2ccccc2)cc1. The molecule has 0 aliphatic rings. The van der Waals surface area contributed by atoms with Gasteiger partial charge in [0, 0.05) is 0 Å². The Kier molecular flexibility index (Phi) is 4.42. The van der Waals surface area contributed by atoms with Gasteiger partial charge in [-0.3, -0.25) is 0 Å². The Bertz CT molecular complexity index is 651. The van der Waals surface area contributed by atoms with Crippen molar-refractivity contribution in [2.45, 2.75) is 6.04 Å². The predicted molar refractivity (Wildman–Crippen MR) is 79.3 cm³/mol. The van der Waals surface area contributed by atoms with Crippen molar-refractivity contribution in [3.8, 4) is 5.75 Å². The molecule has 0 aliphatic heterocycles. The normalized spacial score (nSPS) is 12.9. The number of ether oxygens (including phenoxy) is 1. The summed E-state index contributed by atoms with van der Waals surface area (Å²) in [4.78, 5) is 0. The standard InChI is InChI=1S/C15H17NO3S/c1-19-14-10-8-13(9-11-14)15(16-20(2,17)18)12-6-4-3-5-7-12/h3-11,15-16H,1-2H3. The van der Waals surface area contributed by atoms with Crippen LogP contribution in [0.2, 0.25) is 0 Å². The van der Waals surface area contributed by atoms with Crippen molar-refractivity contribution in [2.75, 3.05) is 13.4 Å². The van der Waals surface area contributed by atoms with Crippen LogP contribution >= 0.6 is 0 Å². The third kappa shape index (κ3) is 3.82. The van der Waals surface area contributed by atoms with Crippen LogP contribution in [0, 0.1) is 0 Å². The smallest absolute Gasteiger partial charge is 0.209 e. The molecule has 2 rings (SSSR count). The van der Waals surface area contributed by atoms with E-state index < -0.39 is 16.1 Å². The lowest BCUT2D eigenvalue weighted by molar-refractivity contribution is 0.414. The molecular weight excluding hydrogens is 274 g/mol. The maximum atomic E-state index is 11.6. The molecule has 0 bridgehead atoms. The largest absolute Gasteiger partial charge is 0.497 e. The van der Waals surface area contributed by atoms with Gasteiger partial charge in [-0.15, -0.1) is 0 Å². The van der Waals surface area contributed by atoms with Gasteiger partial charge in [0.25, 0.3) is 0 Å². The average molecular weight is 291 g/mol. The Morgan fingerprint density at radius 3 is 2.00 bits per heavy atom. The zero-order valence-electron chi connectivity index (χ0n) is 11.4. The molecule has 1 N–H and O–H groups in total. The Hall–Kier alpha value is -1.85. The van der Waals surface area contributed by atoms with Gasteiger partial charge in [0.15, 0.2) is 0 Å². The number of methoxy groups -OCH3 is 1. The molecule has 20 heavy (non-hydrogen) atoms. The van der Waals surface area contributed by atoms with E-state index >= 15 is 0 Å². The van der Waals surface area contributed by atoms with E-state index in [0.29, 0.717) is 0 Å². The molecule has 0 aliphatic carbocycles. The number of benzene rings is 2. The van der Waals surface area contributed by atoms with Gasteiger partial charge < -0.3 is 4.74 Å². The molecule has 0 radical (unpaired) electrons. The molecule has 0 amide bonds. The Morgan fingerprint density at radius 2 is 1.50 bits per heavy atom. The fourth-order valence-corrected chi connectivity index (χ4v) is 2.68. The molecule has 2 aromatic carbocycles. The number of nitrogens with one attached hydrogen (secondary N) is 1. The molecule has 2 aromatic rings. The summed E-state index contributed by atoms with van der Waals surface area (Å²) in [7, 11) is -1.72. The first kappa shape index (κ1) is 14.6. The van der Waals surface area contributed by atoms with Gasteiger partial charge >= 0.3 is 0 Å². The molecule has 0 saturated carbocycles. The first-order valence-electron chi connectivity index (χ1n) is 6.16. The van der Waals surface area contributed by atoms with E-state index in [4.69, 9.17) is 4.74 Å². The molecule has 1 unspecified atom stereocenters. The molecule has 1 atom stereocenters. The molecule has 0 aromatic heterocycles. The van der Waals surface area contributed by atoms with E-state index in [1.165, 1.54) is 0 Å². The van der Waals surface area contributed by atoms with Crippen LogP contribution in [-0.4, -0.2) is 21.8 Å². The van der Waals surface area contributed by atoms with Gasteiger partial charge in [-0.1, -0.05) is 42.5 Å². The third-order valence-corrected chi connectivity index (χ3v) is 3.58. The molecule has 5 heteroatoms. The van der Waals surface area contributed by atoms with Crippen LogP contribution in [-0.2, 0) is 10.0 Å². The number of rotatable bonds is 5. The van der Waals surface area contributed by atoms with Crippen LogP contribution in [0.4, 0.5) is 0 Å². The third-order valence-electron chi connectivity index (χ3n) is 2.91. The van der Waals surface area contributed by atoms with E-state index in [0.717, 1.165) is 23.1 Å². The quantitative estimate of drug-likeness (QED) is 0.920. The average Bonchev–Trinajstić information content (AvgIpc) is 2.45. The highest BCUT2D eigenvalue weighted by atomic mass is 32.2. The Morgan fingerprint density at radius 1 is 0.950 bits per heavy atom. The maximum Gasteiger partial charge on any atom is 0.209 e. The van der Waals surface area contributed by atoms with Crippen molar-refractivity contribution < 1.29 is 13.2 Å². The van der Waals surface area contributed by atoms with Crippen molar-refractivity contribution in [3.05, 3.63) is 65.7 Å². The minimum atomic E-state index is -3.32. The van der Waals surface area contributed by atoms with Gasteiger partial charge in [-0.05, 0) is 23.3 Å². The molecule has 106 valence electrons. The number of hydrogen-bond donors (Lipinski definition) is 1. The second-order valence-corrected chi connectivity index (χ2v) is 6.29. The Labute approximate surface area is 119 Å². The van der Waals surface area contributed by atoms with Gasteiger partial charge in [0.05, 0.1) is 19.4 Å². The molecule has 0 spiro atoms. The summed E-state index contributed by atoms with van der Waals surface area (Å²) in [5.41, 5.74) is 1.76. The van der Waals surface area contributed by atoms with Gasteiger partial charge in [0.2, 0.25) is 10.0 Å². The van der Waals surface area contributed by atoms with Crippen LogP contribution in [0.15, 0.2) is 54.6 Å². The highest BCUT2D eigenvalue weighted by Gasteiger charge is 2.18. The van der Waals surface area contributed by atoms with Gasteiger partial charge in [-0.2, -0.15) is 0 Å². The van der Waals surface area contributed by atoms with E-state index in [9.17, 15) is 8.42 Å². The molecule has 0 saturated heterocycles. The second kappa shape index (κ2) is 6.07. The van der Waals surface area contributed by atoms with E-state index in [1.54, 1.807) is 7.11 Å². The first-order chi connectivity index (χ1) is 9.49. The predicted octanol–water partition coefficient (Wildman–Crippen LogP) is 2.33.